The van der Waals surface area contributed by atoms with Crippen LogP contribution in [0.4, 0.5) is 4.79 Å². The molecule has 1 fully saturated rings. The lowest BCUT2D eigenvalue weighted by Gasteiger charge is -2.28. The first-order chi connectivity index (χ1) is 8.07. The normalized spacial score (nSPS) is 25.0. The summed E-state index contributed by atoms with van der Waals surface area (Å²) in [6.45, 7) is 12.3. The number of thioether (sulfide) groups is 1. The number of carbonyl (C=O) groups is 1. The molecule has 0 unspecified atom stereocenters. The molecule has 3 nitrogen and oxygen atoms in total. The van der Waals surface area contributed by atoms with Gasteiger partial charge in [-0.1, -0.05) is 27.2 Å². The number of rotatable bonds is 2. The smallest absolute Gasteiger partial charge is 0.407 e. The van der Waals surface area contributed by atoms with Gasteiger partial charge in [-0.05, 0) is 33.6 Å². The zero-order chi connectivity index (χ0) is 14.0. The molecule has 0 saturated heterocycles. The van der Waals surface area contributed by atoms with E-state index in [1.165, 1.54) is 12.8 Å². The number of hydrogen-bond donors (Lipinski definition) is 1. The molecular weight excluding hydrogens is 246 g/mol. The number of amides is 1. The Morgan fingerprint density at radius 2 is 1.78 bits per heavy atom. The molecule has 0 aromatic heterocycles. The Morgan fingerprint density at radius 3 is 2.28 bits per heavy atom. The van der Waals surface area contributed by atoms with Crippen molar-refractivity contribution in [1.29, 1.82) is 0 Å². The maximum Gasteiger partial charge on any atom is 0.407 e. The molecule has 1 amide bonds. The molecule has 1 aliphatic rings. The number of carbonyl (C=O) groups excluding carboxylic acids is 1. The molecule has 1 N–H and O–H groups in total. The van der Waals surface area contributed by atoms with Crippen molar-refractivity contribution in [2.75, 3.05) is 0 Å². The third-order valence-corrected chi connectivity index (χ3v) is 4.23. The molecule has 4 heteroatoms. The van der Waals surface area contributed by atoms with Crippen LogP contribution >= 0.6 is 11.8 Å². The molecule has 0 aromatic rings. The van der Waals surface area contributed by atoms with E-state index in [9.17, 15) is 4.79 Å². The lowest BCUT2D eigenvalue weighted by Crippen LogP contribution is -2.42. The van der Waals surface area contributed by atoms with E-state index in [-0.39, 0.29) is 16.9 Å². The molecule has 0 heterocycles. The van der Waals surface area contributed by atoms with E-state index >= 15 is 0 Å². The first kappa shape index (κ1) is 15.7. The van der Waals surface area contributed by atoms with Gasteiger partial charge in [-0.2, -0.15) is 11.8 Å². The second kappa shape index (κ2) is 5.72. The van der Waals surface area contributed by atoms with Crippen LogP contribution in [0.3, 0.4) is 0 Å². The highest BCUT2D eigenvalue weighted by molar-refractivity contribution is 8.01. The van der Waals surface area contributed by atoms with E-state index < -0.39 is 5.60 Å². The standard InChI is InChI=1S/C14H27NO2S/c1-13(2,3)17-12(16)15-10-8-7-9-11(10)18-14(4,5)6/h10-11H,7-9H2,1-6H3,(H,15,16)/t10-,11-/m0/s1. The summed E-state index contributed by atoms with van der Waals surface area (Å²) < 4.78 is 5.56. The highest BCUT2D eigenvalue weighted by Crippen LogP contribution is 2.37. The number of hydrogen-bond acceptors (Lipinski definition) is 3. The molecule has 2 atom stereocenters. The van der Waals surface area contributed by atoms with Crippen LogP contribution in [-0.2, 0) is 4.74 Å². The van der Waals surface area contributed by atoms with Crippen LogP contribution in [0.15, 0.2) is 0 Å². The first-order valence-electron chi connectivity index (χ1n) is 6.74. The minimum absolute atomic E-state index is 0.239. The van der Waals surface area contributed by atoms with Crippen molar-refractivity contribution < 1.29 is 9.53 Å². The van der Waals surface area contributed by atoms with Gasteiger partial charge >= 0.3 is 6.09 Å². The number of alkyl carbamates (subject to hydrolysis) is 1. The van der Waals surface area contributed by atoms with Gasteiger partial charge < -0.3 is 10.1 Å². The Labute approximate surface area is 115 Å². The highest BCUT2D eigenvalue weighted by Gasteiger charge is 2.33. The lowest BCUT2D eigenvalue weighted by molar-refractivity contribution is 0.0506. The van der Waals surface area contributed by atoms with Gasteiger partial charge in [0.15, 0.2) is 0 Å². The average molecular weight is 273 g/mol. The van der Waals surface area contributed by atoms with Crippen LogP contribution in [0.5, 0.6) is 0 Å². The molecular formula is C14H27NO2S. The third kappa shape index (κ3) is 5.98. The Bertz CT molecular complexity index is 291. The fourth-order valence-electron chi connectivity index (χ4n) is 2.15. The average Bonchev–Trinajstić information content (AvgIpc) is 2.45. The van der Waals surface area contributed by atoms with Crippen LogP contribution in [0.25, 0.3) is 0 Å². The maximum absolute atomic E-state index is 11.8. The van der Waals surface area contributed by atoms with Gasteiger partial charge in [0.25, 0.3) is 0 Å². The lowest BCUT2D eigenvalue weighted by atomic mass is 10.2. The molecule has 1 saturated carbocycles. The minimum atomic E-state index is -0.421. The Morgan fingerprint density at radius 1 is 1.17 bits per heavy atom. The van der Waals surface area contributed by atoms with Gasteiger partial charge in [-0.25, -0.2) is 4.79 Å². The summed E-state index contributed by atoms with van der Waals surface area (Å²) in [5.41, 5.74) is -0.421. The van der Waals surface area contributed by atoms with E-state index in [0.29, 0.717) is 5.25 Å². The van der Waals surface area contributed by atoms with Gasteiger partial charge in [0.2, 0.25) is 0 Å². The summed E-state index contributed by atoms with van der Waals surface area (Å²) in [5.74, 6) is 0. The van der Waals surface area contributed by atoms with E-state index in [0.717, 1.165) is 6.42 Å². The second-order valence-electron chi connectivity index (χ2n) is 6.95. The Hall–Kier alpha value is -0.380. The van der Waals surface area contributed by atoms with Crippen molar-refractivity contribution in [2.24, 2.45) is 0 Å². The zero-order valence-electron chi connectivity index (χ0n) is 12.5. The van der Waals surface area contributed by atoms with Gasteiger partial charge in [0.1, 0.15) is 5.60 Å². The van der Waals surface area contributed by atoms with E-state index in [1.807, 2.05) is 32.5 Å². The molecule has 0 aromatic carbocycles. The zero-order valence-corrected chi connectivity index (χ0v) is 13.3. The van der Waals surface area contributed by atoms with Crippen molar-refractivity contribution in [3.8, 4) is 0 Å². The molecule has 18 heavy (non-hydrogen) atoms. The van der Waals surface area contributed by atoms with Crippen molar-refractivity contribution in [1.82, 2.24) is 5.32 Å². The van der Waals surface area contributed by atoms with E-state index in [4.69, 9.17) is 4.74 Å². The van der Waals surface area contributed by atoms with Crippen LogP contribution in [0.1, 0.15) is 60.8 Å². The maximum atomic E-state index is 11.8. The Kier molecular flexibility index (Phi) is 4.98. The first-order valence-corrected chi connectivity index (χ1v) is 7.62. The van der Waals surface area contributed by atoms with Gasteiger partial charge in [0.05, 0.1) is 0 Å². The molecule has 0 aliphatic heterocycles. The van der Waals surface area contributed by atoms with Crippen molar-refractivity contribution in [3.05, 3.63) is 0 Å². The molecule has 0 bridgehead atoms. The monoisotopic (exact) mass is 273 g/mol. The fraction of sp³-hybridized carbons (Fsp3) is 0.929. The van der Waals surface area contributed by atoms with Crippen molar-refractivity contribution in [3.63, 3.8) is 0 Å². The molecule has 0 spiro atoms. The molecule has 1 aliphatic carbocycles. The topological polar surface area (TPSA) is 38.3 Å². The predicted octanol–water partition coefficient (Wildman–Crippen LogP) is 3.96. The second-order valence-corrected chi connectivity index (χ2v) is 9.02. The fourth-order valence-corrected chi connectivity index (χ4v) is 3.71. The van der Waals surface area contributed by atoms with Crippen LogP contribution in [-0.4, -0.2) is 27.7 Å². The molecule has 0 radical (unpaired) electrons. The van der Waals surface area contributed by atoms with E-state index in [1.54, 1.807) is 0 Å². The summed E-state index contributed by atoms with van der Waals surface area (Å²) >= 11 is 1.96. The Balaban J connectivity index is 2.48. The summed E-state index contributed by atoms with van der Waals surface area (Å²) in [6, 6.07) is 0.254. The quantitative estimate of drug-likeness (QED) is 0.827. The number of ether oxygens (including phenoxy) is 1. The predicted molar refractivity (Wildman–Crippen MR) is 78.1 cm³/mol. The minimum Gasteiger partial charge on any atom is -0.444 e. The summed E-state index contributed by atoms with van der Waals surface area (Å²) in [6.07, 6.45) is 3.15. The van der Waals surface area contributed by atoms with Gasteiger partial charge in [-0.3, -0.25) is 0 Å². The van der Waals surface area contributed by atoms with Crippen LogP contribution in [0.2, 0.25) is 0 Å². The largest absolute Gasteiger partial charge is 0.444 e. The number of nitrogens with one attached hydrogen (secondary N) is 1. The van der Waals surface area contributed by atoms with Crippen LogP contribution < -0.4 is 5.32 Å². The summed E-state index contributed by atoms with van der Waals surface area (Å²) in [5, 5.41) is 3.54. The van der Waals surface area contributed by atoms with Gasteiger partial charge in [-0.15, -0.1) is 0 Å². The van der Waals surface area contributed by atoms with Crippen molar-refractivity contribution >= 4 is 17.9 Å². The molecule has 1 rings (SSSR count). The highest BCUT2D eigenvalue weighted by atomic mass is 32.2. The third-order valence-electron chi connectivity index (χ3n) is 2.66. The SMILES string of the molecule is CC(C)(C)OC(=O)N[C@H]1CCC[C@@H]1SC(C)(C)C. The van der Waals surface area contributed by atoms with Crippen LogP contribution in [0, 0.1) is 0 Å². The van der Waals surface area contributed by atoms with Crippen molar-refractivity contribution in [2.45, 2.75) is 82.4 Å². The van der Waals surface area contributed by atoms with E-state index in [2.05, 4.69) is 26.1 Å². The van der Waals surface area contributed by atoms with Gasteiger partial charge in [0, 0.05) is 16.0 Å². The molecule has 106 valence electrons. The summed E-state index contributed by atoms with van der Waals surface area (Å²) in [7, 11) is 0. The summed E-state index contributed by atoms with van der Waals surface area (Å²) in [4.78, 5) is 11.8.